The lowest BCUT2D eigenvalue weighted by molar-refractivity contribution is 0.300. The number of hydrogen-bond acceptors (Lipinski definition) is 4. The monoisotopic (exact) mass is 325 g/mol. The molecule has 0 amide bonds. The van der Waals surface area contributed by atoms with E-state index in [9.17, 15) is 8.42 Å². The third-order valence-corrected chi connectivity index (χ3v) is 6.35. The van der Waals surface area contributed by atoms with E-state index in [1.54, 1.807) is 12.1 Å². The molecule has 0 saturated carbocycles. The van der Waals surface area contributed by atoms with E-state index in [0.717, 1.165) is 16.0 Å². The summed E-state index contributed by atoms with van der Waals surface area (Å²) in [4.78, 5) is 0.862. The predicted octanol–water partition coefficient (Wildman–Crippen LogP) is 2.63. The van der Waals surface area contributed by atoms with Gasteiger partial charge in [-0.1, -0.05) is 29.8 Å². The van der Waals surface area contributed by atoms with Gasteiger partial charge in [0, 0.05) is 23.9 Å². The number of aliphatic hydroxyl groups is 1. The van der Waals surface area contributed by atoms with Crippen molar-refractivity contribution >= 4 is 21.4 Å². The Labute approximate surface area is 129 Å². The molecule has 0 aliphatic carbocycles. The maximum absolute atomic E-state index is 12.3. The summed E-state index contributed by atoms with van der Waals surface area (Å²) < 4.78 is 27.6. The van der Waals surface area contributed by atoms with Gasteiger partial charge in [0.05, 0.1) is 0 Å². The largest absolute Gasteiger partial charge is 0.396 e. The van der Waals surface area contributed by atoms with E-state index < -0.39 is 10.0 Å². The molecule has 0 spiro atoms. The summed E-state index contributed by atoms with van der Waals surface area (Å²) in [5.41, 5.74) is 2.07. The van der Waals surface area contributed by atoms with E-state index in [1.165, 1.54) is 11.3 Å². The summed E-state index contributed by atoms with van der Waals surface area (Å²) in [6.45, 7) is 3.84. The fraction of sp³-hybridized carbons (Fsp3) is 0.333. The van der Waals surface area contributed by atoms with Crippen LogP contribution in [-0.4, -0.2) is 20.1 Å². The predicted molar refractivity (Wildman–Crippen MR) is 85.0 cm³/mol. The van der Waals surface area contributed by atoms with Crippen molar-refractivity contribution < 1.29 is 13.5 Å². The second-order valence-electron chi connectivity index (χ2n) is 4.95. The van der Waals surface area contributed by atoms with Gasteiger partial charge in [-0.3, -0.25) is 0 Å². The molecule has 2 rings (SSSR count). The molecular formula is C15H19NO3S2. The highest BCUT2D eigenvalue weighted by molar-refractivity contribution is 7.91. The second-order valence-corrected chi connectivity index (χ2v) is 8.06. The van der Waals surface area contributed by atoms with Crippen LogP contribution >= 0.6 is 11.3 Å². The Hall–Kier alpha value is -1.21. The van der Waals surface area contributed by atoms with E-state index in [0.29, 0.717) is 6.42 Å². The molecule has 2 N–H and O–H groups in total. The van der Waals surface area contributed by atoms with Crippen LogP contribution in [0.1, 0.15) is 29.0 Å². The lowest BCUT2D eigenvalue weighted by Gasteiger charge is -2.14. The first-order valence-corrected chi connectivity index (χ1v) is 9.01. The van der Waals surface area contributed by atoms with Crippen molar-refractivity contribution in [1.29, 1.82) is 0 Å². The molecular weight excluding hydrogens is 306 g/mol. The van der Waals surface area contributed by atoms with E-state index in [2.05, 4.69) is 4.72 Å². The van der Waals surface area contributed by atoms with E-state index in [4.69, 9.17) is 5.11 Å². The molecule has 0 aliphatic heterocycles. The minimum Gasteiger partial charge on any atom is -0.396 e. The van der Waals surface area contributed by atoms with E-state index in [-0.39, 0.29) is 16.9 Å². The molecule has 1 aromatic carbocycles. The summed E-state index contributed by atoms with van der Waals surface area (Å²) in [5.74, 6) is 0. The third kappa shape index (κ3) is 4.14. The first-order valence-electron chi connectivity index (χ1n) is 6.71. The number of nitrogens with one attached hydrogen (secondary N) is 1. The summed E-state index contributed by atoms with van der Waals surface area (Å²) in [6, 6.07) is 10.8. The highest BCUT2D eigenvalue weighted by Gasteiger charge is 2.20. The molecule has 0 aliphatic rings. The molecule has 2 aromatic rings. The average Bonchev–Trinajstić information content (AvgIpc) is 2.89. The Kier molecular flexibility index (Phi) is 5.16. The van der Waals surface area contributed by atoms with Gasteiger partial charge in [0.1, 0.15) is 4.21 Å². The van der Waals surface area contributed by atoms with Crippen LogP contribution in [0.2, 0.25) is 0 Å². The first kappa shape index (κ1) is 16.2. The fourth-order valence-corrected chi connectivity index (χ4v) is 4.55. The molecule has 114 valence electrons. The van der Waals surface area contributed by atoms with Gasteiger partial charge < -0.3 is 5.11 Å². The van der Waals surface area contributed by atoms with Crippen LogP contribution in [0, 0.1) is 6.92 Å². The van der Waals surface area contributed by atoms with Gasteiger partial charge in [-0.15, -0.1) is 11.3 Å². The molecule has 21 heavy (non-hydrogen) atoms. The van der Waals surface area contributed by atoms with Crippen LogP contribution in [0.5, 0.6) is 0 Å². The highest BCUT2D eigenvalue weighted by atomic mass is 32.2. The standard InChI is InChI=1S/C15H19NO3S2/c1-11-3-5-13(6-4-11)12(2)16-21(18,19)15-8-7-14(20-15)9-10-17/h3-8,12,16-17H,9-10H2,1-2H3. The summed E-state index contributed by atoms with van der Waals surface area (Å²) in [5, 5.41) is 8.89. The Balaban J connectivity index is 2.14. The number of aryl methyl sites for hydroxylation is 1. The Morgan fingerprint density at radius 3 is 2.48 bits per heavy atom. The lowest BCUT2D eigenvalue weighted by atomic mass is 10.1. The van der Waals surface area contributed by atoms with Gasteiger partial charge in [0.15, 0.2) is 0 Å². The third-order valence-electron chi connectivity index (χ3n) is 3.17. The molecule has 1 heterocycles. The van der Waals surface area contributed by atoms with Crippen LogP contribution in [0.15, 0.2) is 40.6 Å². The van der Waals surface area contributed by atoms with Gasteiger partial charge >= 0.3 is 0 Å². The maximum atomic E-state index is 12.3. The second kappa shape index (κ2) is 6.70. The lowest BCUT2D eigenvalue weighted by Crippen LogP contribution is -2.26. The zero-order valence-electron chi connectivity index (χ0n) is 12.0. The zero-order valence-corrected chi connectivity index (χ0v) is 13.7. The first-order chi connectivity index (χ1) is 9.92. The van der Waals surface area contributed by atoms with Crippen molar-refractivity contribution in [3.8, 4) is 0 Å². The molecule has 0 bridgehead atoms. The van der Waals surface area contributed by atoms with Gasteiger partial charge in [0.25, 0.3) is 10.0 Å². The van der Waals surface area contributed by atoms with Crippen molar-refractivity contribution in [3.63, 3.8) is 0 Å². The molecule has 1 unspecified atom stereocenters. The molecule has 0 radical (unpaired) electrons. The van der Waals surface area contributed by atoms with Crippen molar-refractivity contribution in [2.75, 3.05) is 6.61 Å². The van der Waals surface area contributed by atoms with Crippen molar-refractivity contribution in [1.82, 2.24) is 4.72 Å². The number of sulfonamides is 1. The van der Waals surface area contributed by atoms with Crippen LogP contribution in [-0.2, 0) is 16.4 Å². The van der Waals surface area contributed by atoms with Crippen LogP contribution in [0.3, 0.4) is 0 Å². The van der Waals surface area contributed by atoms with Crippen LogP contribution < -0.4 is 4.72 Å². The van der Waals surface area contributed by atoms with Crippen molar-refractivity contribution in [2.45, 2.75) is 30.5 Å². The van der Waals surface area contributed by atoms with Crippen molar-refractivity contribution in [3.05, 3.63) is 52.4 Å². The number of rotatable bonds is 6. The Morgan fingerprint density at radius 1 is 1.19 bits per heavy atom. The van der Waals surface area contributed by atoms with Gasteiger partial charge in [-0.2, -0.15) is 0 Å². The molecule has 1 aromatic heterocycles. The smallest absolute Gasteiger partial charge is 0.250 e. The van der Waals surface area contributed by atoms with Crippen LogP contribution in [0.4, 0.5) is 0 Å². The highest BCUT2D eigenvalue weighted by Crippen LogP contribution is 2.24. The Bertz CT molecular complexity index is 690. The molecule has 0 saturated heterocycles. The quantitative estimate of drug-likeness (QED) is 0.858. The minimum absolute atomic E-state index is 0.0210. The number of hydrogen-bond donors (Lipinski definition) is 2. The Morgan fingerprint density at radius 2 is 1.86 bits per heavy atom. The average molecular weight is 325 g/mol. The molecule has 1 atom stereocenters. The van der Waals surface area contributed by atoms with Gasteiger partial charge in [-0.05, 0) is 31.5 Å². The SMILES string of the molecule is Cc1ccc(C(C)NS(=O)(=O)c2ccc(CCO)s2)cc1. The molecule has 0 fully saturated rings. The number of thiophene rings is 1. The topological polar surface area (TPSA) is 66.4 Å². The maximum Gasteiger partial charge on any atom is 0.250 e. The van der Waals surface area contributed by atoms with Gasteiger partial charge in [0.2, 0.25) is 0 Å². The van der Waals surface area contributed by atoms with E-state index >= 15 is 0 Å². The number of benzene rings is 1. The fourth-order valence-electron chi connectivity index (χ4n) is 1.96. The summed E-state index contributed by atoms with van der Waals surface area (Å²) in [6.07, 6.45) is 0.480. The summed E-state index contributed by atoms with van der Waals surface area (Å²) in [7, 11) is -3.53. The number of aliphatic hydroxyl groups excluding tert-OH is 1. The summed E-state index contributed by atoms with van der Waals surface area (Å²) >= 11 is 1.19. The zero-order chi connectivity index (χ0) is 15.5. The minimum atomic E-state index is -3.53. The van der Waals surface area contributed by atoms with E-state index in [1.807, 2.05) is 38.1 Å². The van der Waals surface area contributed by atoms with Crippen LogP contribution in [0.25, 0.3) is 0 Å². The van der Waals surface area contributed by atoms with Crippen molar-refractivity contribution in [2.24, 2.45) is 0 Å². The molecule has 6 heteroatoms. The molecule has 4 nitrogen and oxygen atoms in total. The van der Waals surface area contributed by atoms with Gasteiger partial charge in [-0.25, -0.2) is 13.1 Å². The normalized spacial score (nSPS) is 13.3.